The van der Waals surface area contributed by atoms with Gasteiger partial charge in [-0.2, -0.15) is 13.2 Å². The molecule has 0 bridgehead atoms. The van der Waals surface area contributed by atoms with Crippen molar-refractivity contribution in [1.29, 1.82) is 0 Å². The maximum absolute atomic E-state index is 12.2. The number of nitrogens with zero attached hydrogens (tertiary/aromatic N) is 3. The van der Waals surface area contributed by atoms with Crippen LogP contribution in [0.15, 0.2) is 23.3 Å². The van der Waals surface area contributed by atoms with Gasteiger partial charge in [0.25, 0.3) is 0 Å². The van der Waals surface area contributed by atoms with E-state index < -0.39 is 12.6 Å². The lowest BCUT2D eigenvalue weighted by molar-refractivity contribution is -0.132. The third-order valence-electron chi connectivity index (χ3n) is 3.70. The second kappa shape index (κ2) is 10.7. The average molecular weight is 471 g/mol. The van der Waals surface area contributed by atoms with Gasteiger partial charge in [0.2, 0.25) is 0 Å². The van der Waals surface area contributed by atoms with Gasteiger partial charge in [-0.25, -0.2) is 9.98 Å². The second-order valence-electron chi connectivity index (χ2n) is 5.71. The summed E-state index contributed by atoms with van der Waals surface area (Å²) >= 11 is 0. The molecule has 9 heteroatoms. The molecule has 0 atom stereocenters. The van der Waals surface area contributed by atoms with Crippen LogP contribution in [0.2, 0.25) is 0 Å². The van der Waals surface area contributed by atoms with E-state index in [1.165, 1.54) is 12.8 Å². The Labute approximate surface area is 163 Å². The van der Waals surface area contributed by atoms with E-state index in [0.29, 0.717) is 19.0 Å². The zero-order valence-electron chi connectivity index (χ0n) is 14.3. The Balaban J connectivity index is 0.00000312. The van der Waals surface area contributed by atoms with Crippen molar-refractivity contribution < 1.29 is 13.2 Å². The first-order valence-corrected chi connectivity index (χ1v) is 8.27. The van der Waals surface area contributed by atoms with E-state index in [-0.39, 0.29) is 30.5 Å². The number of halogens is 4. The van der Waals surface area contributed by atoms with Gasteiger partial charge in [-0.1, -0.05) is 6.07 Å². The van der Waals surface area contributed by atoms with Crippen LogP contribution in [0, 0.1) is 0 Å². The molecule has 0 aliphatic carbocycles. The van der Waals surface area contributed by atoms with E-state index in [1.807, 2.05) is 19.1 Å². The predicted molar refractivity (Wildman–Crippen MR) is 105 cm³/mol. The van der Waals surface area contributed by atoms with Gasteiger partial charge in [-0.3, -0.25) is 0 Å². The summed E-state index contributed by atoms with van der Waals surface area (Å²) in [5.41, 5.74) is 0.922. The number of aliphatic imine (C=N–C) groups is 1. The summed E-state index contributed by atoms with van der Waals surface area (Å²) in [4.78, 5) is 11.0. The van der Waals surface area contributed by atoms with Crippen LogP contribution in [0.1, 0.15) is 31.7 Å². The van der Waals surface area contributed by atoms with Gasteiger partial charge < -0.3 is 15.5 Å². The molecule has 1 fully saturated rings. The Morgan fingerprint density at radius 1 is 1.24 bits per heavy atom. The summed E-state index contributed by atoms with van der Waals surface area (Å²) in [6.07, 6.45) is -0.883. The number of guanidine groups is 1. The number of alkyl halides is 3. The number of nitrogens with one attached hydrogen (secondary N) is 2. The fraction of sp³-hybridized carbons (Fsp3) is 0.625. The van der Waals surface area contributed by atoms with Gasteiger partial charge in [0.05, 0.1) is 13.0 Å². The predicted octanol–water partition coefficient (Wildman–Crippen LogP) is 3.31. The Morgan fingerprint density at radius 3 is 2.52 bits per heavy atom. The molecule has 2 rings (SSSR count). The Kier molecular flexibility index (Phi) is 9.30. The lowest BCUT2D eigenvalue weighted by atomic mass is 10.3. The molecule has 2 N–H and O–H groups in total. The van der Waals surface area contributed by atoms with Crippen molar-refractivity contribution in [2.75, 3.05) is 31.1 Å². The van der Waals surface area contributed by atoms with Gasteiger partial charge in [-0.15, -0.1) is 24.0 Å². The lowest BCUT2D eigenvalue weighted by Gasteiger charge is -2.16. The number of pyridine rings is 1. The van der Waals surface area contributed by atoms with Crippen LogP contribution in [0.3, 0.4) is 0 Å². The molecule has 1 aromatic heterocycles. The average Bonchev–Trinajstić information content (AvgIpc) is 3.06. The molecule has 1 aromatic rings. The van der Waals surface area contributed by atoms with E-state index in [9.17, 15) is 13.2 Å². The quantitative estimate of drug-likeness (QED) is 0.380. The van der Waals surface area contributed by atoms with Crippen molar-refractivity contribution in [3.63, 3.8) is 0 Å². The highest BCUT2D eigenvalue weighted by Gasteiger charge is 2.26. The van der Waals surface area contributed by atoms with Gasteiger partial charge in [0, 0.05) is 32.4 Å². The number of anilines is 1. The second-order valence-corrected chi connectivity index (χ2v) is 5.71. The molecular formula is C16H25F3IN5. The molecule has 0 aromatic carbocycles. The molecule has 0 spiro atoms. The topological polar surface area (TPSA) is 52.6 Å². The summed E-state index contributed by atoms with van der Waals surface area (Å²) in [6, 6.07) is 3.93. The molecule has 0 amide bonds. The van der Waals surface area contributed by atoms with E-state index in [4.69, 9.17) is 0 Å². The maximum atomic E-state index is 12.2. The van der Waals surface area contributed by atoms with Crippen molar-refractivity contribution in [3.8, 4) is 0 Å². The minimum atomic E-state index is -4.17. The number of hydrogen-bond acceptors (Lipinski definition) is 3. The Bertz CT molecular complexity index is 528. The molecular weight excluding hydrogens is 446 g/mol. The minimum Gasteiger partial charge on any atom is -0.357 e. The van der Waals surface area contributed by atoms with Crippen LogP contribution in [0.25, 0.3) is 0 Å². The van der Waals surface area contributed by atoms with E-state index >= 15 is 0 Å². The summed E-state index contributed by atoms with van der Waals surface area (Å²) in [5.74, 6) is 1.35. The van der Waals surface area contributed by atoms with Crippen molar-refractivity contribution in [3.05, 3.63) is 23.9 Å². The van der Waals surface area contributed by atoms with Gasteiger partial charge in [-0.05, 0) is 31.4 Å². The van der Waals surface area contributed by atoms with Crippen molar-refractivity contribution >= 4 is 35.8 Å². The number of hydrogen-bond donors (Lipinski definition) is 2. The highest BCUT2D eigenvalue weighted by Crippen LogP contribution is 2.18. The van der Waals surface area contributed by atoms with Gasteiger partial charge >= 0.3 is 6.18 Å². The van der Waals surface area contributed by atoms with Crippen molar-refractivity contribution in [1.82, 2.24) is 15.6 Å². The summed E-state index contributed by atoms with van der Waals surface area (Å²) < 4.78 is 36.6. The highest BCUT2D eigenvalue weighted by molar-refractivity contribution is 14.0. The Morgan fingerprint density at radius 2 is 1.96 bits per heavy atom. The first-order valence-electron chi connectivity index (χ1n) is 8.27. The molecule has 2 heterocycles. The normalized spacial score (nSPS) is 15.0. The number of rotatable bonds is 6. The molecule has 5 nitrogen and oxygen atoms in total. The van der Waals surface area contributed by atoms with Gasteiger partial charge in [0.1, 0.15) is 5.82 Å². The molecule has 142 valence electrons. The fourth-order valence-corrected chi connectivity index (χ4v) is 2.48. The third kappa shape index (κ3) is 8.10. The third-order valence-corrected chi connectivity index (χ3v) is 3.70. The van der Waals surface area contributed by atoms with Crippen molar-refractivity contribution in [2.45, 2.75) is 38.9 Å². The Hall–Kier alpha value is -1.26. The molecule has 0 radical (unpaired) electrons. The molecule has 0 saturated carbocycles. The highest BCUT2D eigenvalue weighted by atomic mass is 127. The largest absolute Gasteiger partial charge is 0.390 e. The zero-order chi connectivity index (χ0) is 17.4. The lowest BCUT2D eigenvalue weighted by Crippen LogP contribution is -2.38. The molecule has 0 unspecified atom stereocenters. The summed E-state index contributed by atoms with van der Waals surface area (Å²) in [5, 5.41) is 5.63. The maximum Gasteiger partial charge on any atom is 0.390 e. The van der Waals surface area contributed by atoms with Gasteiger partial charge in [0.15, 0.2) is 5.96 Å². The van der Waals surface area contributed by atoms with Crippen LogP contribution in [-0.4, -0.2) is 43.3 Å². The van der Waals surface area contributed by atoms with Crippen LogP contribution in [-0.2, 0) is 6.54 Å². The molecule has 1 aliphatic rings. The number of aromatic nitrogens is 1. The standard InChI is InChI=1S/C16H24F3N5.HI/c1-2-20-15(21-8-7-16(17,18)19)23-12-13-5-6-14(22-11-13)24-9-3-4-10-24;/h5-6,11H,2-4,7-10,12H2,1H3,(H2,20,21,23);1H. The molecule has 1 aliphatic heterocycles. The smallest absolute Gasteiger partial charge is 0.357 e. The van der Waals surface area contributed by atoms with Crippen molar-refractivity contribution in [2.24, 2.45) is 4.99 Å². The zero-order valence-corrected chi connectivity index (χ0v) is 16.6. The molecule has 25 heavy (non-hydrogen) atoms. The van der Waals surface area contributed by atoms with E-state index in [1.54, 1.807) is 6.20 Å². The van der Waals surface area contributed by atoms with Crippen LogP contribution in [0.4, 0.5) is 19.0 Å². The first kappa shape index (κ1) is 21.8. The fourth-order valence-electron chi connectivity index (χ4n) is 2.48. The van der Waals surface area contributed by atoms with Crippen LogP contribution < -0.4 is 15.5 Å². The minimum absolute atomic E-state index is 0. The molecule has 1 saturated heterocycles. The SMILES string of the molecule is CCNC(=NCc1ccc(N2CCCC2)nc1)NCCC(F)(F)F.I. The van der Waals surface area contributed by atoms with E-state index in [2.05, 4.69) is 25.5 Å². The van der Waals surface area contributed by atoms with Crippen LogP contribution in [0.5, 0.6) is 0 Å². The summed E-state index contributed by atoms with van der Waals surface area (Å²) in [6.45, 7) is 4.71. The summed E-state index contributed by atoms with van der Waals surface area (Å²) in [7, 11) is 0. The monoisotopic (exact) mass is 471 g/mol. The van der Waals surface area contributed by atoms with E-state index in [0.717, 1.165) is 24.5 Å². The first-order chi connectivity index (χ1) is 11.5. The van der Waals surface area contributed by atoms with Crippen LogP contribution >= 0.6 is 24.0 Å².